The third kappa shape index (κ3) is 3.24. The van der Waals surface area contributed by atoms with Gasteiger partial charge in [0.2, 0.25) is 5.91 Å². The molecule has 0 radical (unpaired) electrons. The van der Waals surface area contributed by atoms with Crippen molar-refractivity contribution >= 4 is 11.6 Å². The van der Waals surface area contributed by atoms with Gasteiger partial charge in [0.05, 0.1) is 6.54 Å². The number of hydrogen-bond donors (Lipinski definition) is 1. The molecule has 1 N–H and O–H groups in total. The summed E-state index contributed by atoms with van der Waals surface area (Å²) in [5.74, 6) is -1.41. The van der Waals surface area contributed by atoms with Crippen molar-refractivity contribution in [1.82, 2.24) is 4.90 Å². The molecular weight excluding hydrogens is 286 g/mol. The van der Waals surface area contributed by atoms with Crippen LogP contribution >= 0.6 is 0 Å². The molecular formula is C17H16F2N2O. The fourth-order valence-electron chi connectivity index (χ4n) is 2.65. The maximum absolute atomic E-state index is 13.1. The largest absolute Gasteiger partial charge is 0.376 e. The van der Waals surface area contributed by atoms with E-state index in [1.54, 1.807) is 4.90 Å². The number of carbonyl (C=O) groups is 1. The lowest BCUT2D eigenvalue weighted by Crippen LogP contribution is -2.39. The monoisotopic (exact) mass is 302 g/mol. The van der Waals surface area contributed by atoms with Crippen molar-refractivity contribution in [3.05, 3.63) is 65.2 Å². The summed E-state index contributed by atoms with van der Waals surface area (Å²) in [5, 5.41) is 2.78. The van der Waals surface area contributed by atoms with Crippen LogP contribution in [0.1, 0.15) is 11.1 Å². The van der Waals surface area contributed by atoms with Crippen LogP contribution in [0.4, 0.5) is 14.5 Å². The van der Waals surface area contributed by atoms with E-state index >= 15 is 0 Å². The van der Waals surface area contributed by atoms with Gasteiger partial charge in [0.15, 0.2) is 0 Å². The summed E-state index contributed by atoms with van der Waals surface area (Å²) < 4.78 is 26.2. The fourth-order valence-corrected chi connectivity index (χ4v) is 2.65. The van der Waals surface area contributed by atoms with Gasteiger partial charge in [-0.15, -0.1) is 0 Å². The zero-order chi connectivity index (χ0) is 15.5. The molecule has 0 spiro atoms. The molecule has 114 valence electrons. The van der Waals surface area contributed by atoms with Crippen molar-refractivity contribution in [3.8, 4) is 0 Å². The molecule has 1 aliphatic rings. The molecule has 0 bridgehead atoms. The predicted octanol–water partition coefficient (Wildman–Crippen LogP) is 2.96. The molecule has 0 aliphatic carbocycles. The maximum atomic E-state index is 13.1. The van der Waals surface area contributed by atoms with E-state index < -0.39 is 11.6 Å². The SMILES string of the molecule is O=C(CNc1cc(F)cc(F)c1)N1CCc2ccccc2C1. The highest BCUT2D eigenvalue weighted by atomic mass is 19.1. The Morgan fingerprint density at radius 1 is 1.09 bits per heavy atom. The molecule has 3 rings (SSSR count). The standard InChI is InChI=1S/C17H16F2N2O/c18-14-7-15(19)9-16(8-14)20-10-17(22)21-6-5-12-3-1-2-4-13(12)11-21/h1-4,7-9,20H,5-6,10-11H2. The minimum Gasteiger partial charge on any atom is -0.376 e. The normalized spacial score (nSPS) is 13.6. The van der Waals surface area contributed by atoms with E-state index in [-0.39, 0.29) is 18.1 Å². The Morgan fingerprint density at radius 3 is 2.50 bits per heavy atom. The molecule has 1 aliphatic heterocycles. The summed E-state index contributed by atoms with van der Waals surface area (Å²) >= 11 is 0. The number of hydrogen-bond acceptors (Lipinski definition) is 2. The predicted molar refractivity (Wildman–Crippen MR) is 80.4 cm³/mol. The first kappa shape index (κ1) is 14.5. The second-order valence-corrected chi connectivity index (χ2v) is 5.35. The Balaban J connectivity index is 1.61. The minimum atomic E-state index is -0.665. The van der Waals surface area contributed by atoms with Gasteiger partial charge in [0.25, 0.3) is 0 Å². The summed E-state index contributed by atoms with van der Waals surface area (Å²) in [6.07, 6.45) is 0.830. The fraction of sp³-hybridized carbons (Fsp3) is 0.235. The van der Waals surface area contributed by atoms with E-state index in [1.807, 2.05) is 18.2 Å². The first-order chi connectivity index (χ1) is 10.6. The Kier molecular flexibility index (Phi) is 4.04. The summed E-state index contributed by atoms with van der Waals surface area (Å²) in [6.45, 7) is 1.26. The Labute approximate surface area is 127 Å². The zero-order valence-corrected chi connectivity index (χ0v) is 12.0. The van der Waals surface area contributed by atoms with Crippen LogP contribution in [0, 0.1) is 11.6 Å². The Hall–Kier alpha value is -2.43. The second kappa shape index (κ2) is 6.13. The molecule has 22 heavy (non-hydrogen) atoms. The quantitative estimate of drug-likeness (QED) is 0.945. The molecule has 0 aromatic heterocycles. The average molecular weight is 302 g/mol. The molecule has 0 atom stereocenters. The number of fused-ring (bicyclic) bond motifs is 1. The van der Waals surface area contributed by atoms with Crippen LogP contribution in [0.2, 0.25) is 0 Å². The maximum Gasteiger partial charge on any atom is 0.242 e. The highest BCUT2D eigenvalue weighted by Crippen LogP contribution is 2.19. The second-order valence-electron chi connectivity index (χ2n) is 5.35. The van der Waals surface area contributed by atoms with Gasteiger partial charge in [-0.2, -0.15) is 0 Å². The van der Waals surface area contributed by atoms with Gasteiger partial charge in [-0.3, -0.25) is 4.79 Å². The topological polar surface area (TPSA) is 32.3 Å². The molecule has 0 unspecified atom stereocenters. The van der Waals surface area contributed by atoms with Gasteiger partial charge in [-0.25, -0.2) is 8.78 Å². The number of nitrogens with one attached hydrogen (secondary N) is 1. The lowest BCUT2D eigenvalue weighted by atomic mass is 10.00. The molecule has 0 fully saturated rings. The molecule has 2 aromatic carbocycles. The van der Waals surface area contributed by atoms with Crippen molar-refractivity contribution in [2.45, 2.75) is 13.0 Å². The van der Waals surface area contributed by atoms with Crippen molar-refractivity contribution in [2.24, 2.45) is 0 Å². The van der Waals surface area contributed by atoms with E-state index in [4.69, 9.17) is 0 Å². The molecule has 0 saturated heterocycles. The summed E-state index contributed by atoms with van der Waals surface area (Å²) in [6, 6.07) is 11.2. The third-order valence-corrected chi connectivity index (χ3v) is 3.79. The number of halogens is 2. The summed E-state index contributed by atoms with van der Waals surface area (Å²) in [4.78, 5) is 14.0. The smallest absolute Gasteiger partial charge is 0.242 e. The molecule has 3 nitrogen and oxygen atoms in total. The van der Waals surface area contributed by atoms with Gasteiger partial charge in [0.1, 0.15) is 11.6 Å². The van der Waals surface area contributed by atoms with E-state index in [2.05, 4.69) is 11.4 Å². The van der Waals surface area contributed by atoms with Crippen molar-refractivity contribution in [1.29, 1.82) is 0 Å². The molecule has 0 saturated carbocycles. The lowest BCUT2D eigenvalue weighted by Gasteiger charge is -2.29. The van der Waals surface area contributed by atoms with Crippen LogP contribution in [0.5, 0.6) is 0 Å². The first-order valence-electron chi connectivity index (χ1n) is 7.16. The number of rotatable bonds is 3. The van der Waals surface area contributed by atoms with Gasteiger partial charge in [-0.05, 0) is 29.7 Å². The highest BCUT2D eigenvalue weighted by molar-refractivity contribution is 5.81. The Bertz CT molecular complexity index is 683. The van der Waals surface area contributed by atoms with Crippen LogP contribution in [0.15, 0.2) is 42.5 Å². The highest BCUT2D eigenvalue weighted by Gasteiger charge is 2.19. The van der Waals surface area contributed by atoms with Crippen molar-refractivity contribution < 1.29 is 13.6 Å². The first-order valence-corrected chi connectivity index (χ1v) is 7.16. The van der Waals surface area contributed by atoms with E-state index in [0.29, 0.717) is 13.1 Å². The Morgan fingerprint density at radius 2 is 1.77 bits per heavy atom. The lowest BCUT2D eigenvalue weighted by molar-refractivity contribution is -0.130. The molecule has 2 aromatic rings. The summed E-state index contributed by atoms with van der Waals surface area (Å²) in [7, 11) is 0. The average Bonchev–Trinajstić information content (AvgIpc) is 2.51. The van der Waals surface area contributed by atoms with E-state index in [1.165, 1.54) is 17.7 Å². The van der Waals surface area contributed by atoms with Gasteiger partial charge >= 0.3 is 0 Å². The van der Waals surface area contributed by atoms with Crippen molar-refractivity contribution in [2.75, 3.05) is 18.4 Å². The van der Waals surface area contributed by atoms with Crippen LogP contribution in [0.3, 0.4) is 0 Å². The number of nitrogens with zero attached hydrogens (tertiary/aromatic N) is 1. The van der Waals surface area contributed by atoms with Gasteiger partial charge < -0.3 is 10.2 Å². The van der Waals surface area contributed by atoms with Gasteiger partial charge in [0, 0.05) is 24.8 Å². The molecule has 5 heteroatoms. The number of amides is 1. The van der Waals surface area contributed by atoms with Crippen LogP contribution in [-0.4, -0.2) is 23.9 Å². The third-order valence-electron chi connectivity index (χ3n) is 3.79. The summed E-state index contributed by atoms with van der Waals surface area (Å²) in [5.41, 5.74) is 2.69. The van der Waals surface area contributed by atoms with E-state index in [9.17, 15) is 13.6 Å². The number of carbonyl (C=O) groups excluding carboxylic acids is 1. The number of anilines is 1. The van der Waals surface area contributed by atoms with E-state index in [0.717, 1.165) is 18.1 Å². The molecule has 1 heterocycles. The van der Waals surface area contributed by atoms with Gasteiger partial charge in [-0.1, -0.05) is 24.3 Å². The molecule has 1 amide bonds. The van der Waals surface area contributed by atoms with Crippen LogP contribution < -0.4 is 5.32 Å². The van der Waals surface area contributed by atoms with Crippen LogP contribution in [-0.2, 0) is 17.8 Å². The number of benzene rings is 2. The minimum absolute atomic E-state index is 0.0189. The zero-order valence-electron chi connectivity index (χ0n) is 12.0. The van der Waals surface area contributed by atoms with Crippen molar-refractivity contribution in [3.63, 3.8) is 0 Å². The van der Waals surface area contributed by atoms with Crippen LogP contribution in [0.25, 0.3) is 0 Å².